The number of rotatable bonds is 10. The summed E-state index contributed by atoms with van der Waals surface area (Å²) < 4.78 is 10.4. The van der Waals surface area contributed by atoms with E-state index in [4.69, 9.17) is 20.9 Å². The van der Waals surface area contributed by atoms with Gasteiger partial charge in [-0.25, -0.2) is 0 Å². The van der Waals surface area contributed by atoms with Crippen molar-refractivity contribution < 1.29 is 19.1 Å². The molecule has 1 aromatic carbocycles. The van der Waals surface area contributed by atoms with Crippen LogP contribution in [-0.4, -0.2) is 38.1 Å². The fraction of sp³-hybridized carbons (Fsp3) is 0.500. The first-order valence-corrected chi connectivity index (χ1v) is 7.61. The Morgan fingerprint density at radius 1 is 1.29 bits per heavy atom. The Hall–Kier alpha value is -1.99. The molecule has 7 nitrogen and oxygen atoms in total. The fourth-order valence-corrected chi connectivity index (χ4v) is 2.05. The van der Waals surface area contributed by atoms with Gasteiger partial charge in [0.2, 0.25) is 0 Å². The smallest absolute Gasteiger partial charge is 0.255 e. The Balaban J connectivity index is 0.00000529. The van der Waals surface area contributed by atoms with Crippen LogP contribution in [0.1, 0.15) is 36.5 Å². The van der Waals surface area contributed by atoms with Gasteiger partial charge in [0.15, 0.2) is 18.1 Å². The molecule has 0 saturated heterocycles. The van der Waals surface area contributed by atoms with Crippen LogP contribution >= 0.6 is 12.4 Å². The van der Waals surface area contributed by atoms with Gasteiger partial charge in [-0.3, -0.25) is 9.59 Å². The number of ether oxygens (including phenoxy) is 2. The third-order valence-corrected chi connectivity index (χ3v) is 3.32. The van der Waals surface area contributed by atoms with E-state index in [1.807, 2.05) is 0 Å². The van der Waals surface area contributed by atoms with Gasteiger partial charge < -0.3 is 26.3 Å². The van der Waals surface area contributed by atoms with Crippen LogP contribution in [0.4, 0.5) is 0 Å². The van der Waals surface area contributed by atoms with Crippen LogP contribution in [0.15, 0.2) is 18.2 Å². The molecule has 5 N–H and O–H groups in total. The van der Waals surface area contributed by atoms with E-state index in [-0.39, 0.29) is 31.0 Å². The fourth-order valence-electron chi connectivity index (χ4n) is 2.05. The number of benzene rings is 1. The molecule has 136 valence electrons. The van der Waals surface area contributed by atoms with Crippen LogP contribution in [0.3, 0.4) is 0 Å². The van der Waals surface area contributed by atoms with Crippen LogP contribution < -0.4 is 26.3 Å². The number of nitrogens with two attached hydrogens (primary N) is 2. The highest BCUT2D eigenvalue weighted by atomic mass is 35.5. The standard InChI is InChI=1S/C16H25N3O4.ClH/c1-3-4-5-12(9-17)19-16(21)11-6-7-13(14(8-11)22-2)23-10-15(18)20;/h6-8,12H,3-5,9-10,17H2,1-2H3,(H2,18,20)(H,19,21);1H. The molecule has 2 amide bonds. The van der Waals surface area contributed by atoms with E-state index in [1.54, 1.807) is 18.2 Å². The lowest BCUT2D eigenvalue weighted by Crippen LogP contribution is -2.40. The number of carbonyl (C=O) groups is 2. The highest BCUT2D eigenvalue weighted by molar-refractivity contribution is 5.95. The minimum Gasteiger partial charge on any atom is -0.493 e. The molecule has 0 spiro atoms. The van der Waals surface area contributed by atoms with Crippen LogP contribution in [0, 0.1) is 0 Å². The summed E-state index contributed by atoms with van der Waals surface area (Å²) in [5.41, 5.74) is 11.2. The molecule has 1 aromatic rings. The highest BCUT2D eigenvalue weighted by Crippen LogP contribution is 2.28. The highest BCUT2D eigenvalue weighted by Gasteiger charge is 2.15. The van der Waals surface area contributed by atoms with Gasteiger partial charge in [-0.15, -0.1) is 12.4 Å². The molecule has 0 fully saturated rings. The molecule has 8 heteroatoms. The maximum Gasteiger partial charge on any atom is 0.255 e. The van der Waals surface area contributed by atoms with E-state index in [0.717, 1.165) is 19.3 Å². The molecule has 0 bridgehead atoms. The Labute approximate surface area is 148 Å². The van der Waals surface area contributed by atoms with E-state index >= 15 is 0 Å². The van der Waals surface area contributed by atoms with Gasteiger partial charge in [0.25, 0.3) is 11.8 Å². The van der Waals surface area contributed by atoms with E-state index in [1.165, 1.54) is 7.11 Å². The van der Waals surface area contributed by atoms with Gasteiger partial charge in [-0.2, -0.15) is 0 Å². The van der Waals surface area contributed by atoms with Crippen LogP contribution in [-0.2, 0) is 4.79 Å². The van der Waals surface area contributed by atoms with Crippen molar-refractivity contribution in [1.82, 2.24) is 5.32 Å². The first-order chi connectivity index (χ1) is 11.0. The average molecular weight is 360 g/mol. The summed E-state index contributed by atoms with van der Waals surface area (Å²) in [4.78, 5) is 23.1. The Morgan fingerprint density at radius 2 is 2.00 bits per heavy atom. The van der Waals surface area contributed by atoms with Crippen LogP contribution in [0.25, 0.3) is 0 Å². The Morgan fingerprint density at radius 3 is 2.54 bits per heavy atom. The van der Waals surface area contributed by atoms with Crippen molar-refractivity contribution >= 4 is 24.2 Å². The molecule has 0 saturated carbocycles. The number of halogens is 1. The second-order valence-corrected chi connectivity index (χ2v) is 5.17. The molecule has 0 aromatic heterocycles. The number of carbonyl (C=O) groups excluding carboxylic acids is 2. The molecule has 0 aliphatic carbocycles. The van der Waals surface area contributed by atoms with Crippen LogP contribution in [0.5, 0.6) is 11.5 Å². The van der Waals surface area contributed by atoms with Gasteiger partial charge in [-0.05, 0) is 24.6 Å². The normalized spacial score (nSPS) is 11.1. The lowest BCUT2D eigenvalue weighted by molar-refractivity contribution is -0.119. The third kappa shape index (κ3) is 7.06. The van der Waals surface area contributed by atoms with Crippen molar-refractivity contribution in [3.8, 4) is 11.5 Å². The van der Waals surface area contributed by atoms with Gasteiger partial charge in [-0.1, -0.05) is 19.8 Å². The first-order valence-electron chi connectivity index (χ1n) is 7.61. The second-order valence-electron chi connectivity index (χ2n) is 5.17. The summed E-state index contributed by atoms with van der Waals surface area (Å²) >= 11 is 0. The summed E-state index contributed by atoms with van der Waals surface area (Å²) in [6.45, 7) is 2.22. The summed E-state index contributed by atoms with van der Waals surface area (Å²) in [7, 11) is 1.46. The monoisotopic (exact) mass is 359 g/mol. The molecular weight excluding hydrogens is 334 g/mol. The van der Waals surface area contributed by atoms with Crippen molar-refractivity contribution in [2.24, 2.45) is 11.5 Å². The summed E-state index contributed by atoms with van der Waals surface area (Å²) in [5.74, 6) is -0.104. The lowest BCUT2D eigenvalue weighted by Gasteiger charge is -2.17. The van der Waals surface area contributed by atoms with E-state index in [2.05, 4.69) is 12.2 Å². The van der Waals surface area contributed by atoms with Crippen molar-refractivity contribution in [2.45, 2.75) is 32.2 Å². The van der Waals surface area contributed by atoms with Crippen molar-refractivity contribution in [3.63, 3.8) is 0 Å². The van der Waals surface area contributed by atoms with E-state index in [0.29, 0.717) is 23.6 Å². The largest absolute Gasteiger partial charge is 0.493 e. The molecule has 1 rings (SSSR count). The molecule has 0 aliphatic heterocycles. The molecular formula is C16H26ClN3O4. The minimum atomic E-state index is -0.587. The number of hydrogen-bond donors (Lipinski definition) is 3. The summed E-state index contributed by atoms with van der Waals surface area (Å²) in [6.07, 6.45) is 2.90. The van der Waals surface area contributed by atoms with Crippen molar-refractivity contribution in [3.05, 3.63) is 23.8 Å². The predicted molar refractivity (Wildman–Crippen MR) is 94.8 cm³/mol. The zero-order valence-corrected chi connectivity index (χ0v) is 14.9. The number of methoxy groups -OCH3 is 1. The molecule has 24 heavy (non-hydrogen) atoms. The molecule has 0 radical (unpaired) electrons. The Kier molecular flexibility index (Phi) is 10.6. The predicted octanol–water partition coefficient (Wildman–Crippen LogP) is 1.23. The van der Waals surface area contributed by atoms with Crippen molar-refractivity contribution in [1.29, 1.82) is 0 Å². The minimum absolute atomic E-state index is 0. The number of hydrogen-bond acceptors (Lipinski definition) is 5. The molecule has 1 unspecified atom stereocenters. The zero-order valence-electron chi connectivity index (χ0n) is 14.0. The molecule has 0 heterocycles. The maximum absolute atomic E-state index is 12.3. The molecule has 1 atom stereocenters. The second kappa shape index (κ2) is 11.5. The lowest BCUT2D eigenvalue weighted by atomic mass is 10.1. The number of amides is 2. The first kappa shape index (κ1) is 22.0. The third-order valence-electron chi connectivity index (χ3n) is 3.32. The Bertz CT molecular complexity index is 540. The summed E-state index contributed by atoms with van der Waals surface area (Å²) in [6, 6.07) is 4.67. The number of primary amides is 1. The number of nitrogens with one attached hydrogen (secondary N) is 1. The SMILES string of the molecule is CCCCC(CN)NC(=O)c1ccc(OCC(N)=O)c(OC)c1.Cl. The van der Waals surface area contributed by atoms with Gasteiger partial charge in [0.05, 0.1) is 7.11 Å². The van der Waals surface area contributed by atoms with Crippen LogP contribution in [0.2, 0.25) is 0 Å². The van der Waals surface area contributed by atoms with Gasteiger partial charge in [0.1, 0.15) is 0 Å². The van der Waals surface area contributed by atoms with E-state index in [9.17, 15) is 9.59 Å². The van der Waals surface area contributed by atoms with E-state index < -0.39 is 5.91 Å². The number of unbranched alkanes of at least 4 members (excludes halogenated alkanes) is 1. The quantitative estimate of drug-likeness (QED) is 0.580. The topological polar surface area (TPSA) is 117 Å². The average Bonchev–Trinajstić information content (AvgIpc) is 2.56. The zero-order chi connectivity index (χ0) is 17.2. The maximum atomic E-state index is 12.3. The van der Waals surface area contributed by atoms with Gasteiger partial charge >= 0.3 is 0 Å². The summed E-state index contributed by atoms with van der Waals surface area (Å²) in [5, 5.41) is 2.90. The van der Waals surface area contributed by atoms with Gasteiger partial charge in [0, 0.05) is 18.2 Å². The van der Waals surface area contributed by atoms with Crippen molar-refractivity contribution in [2.75, 3.05) is 20.3 Å². The molecule has 0 aliphatic rings.